The van der Waals surface area contributed by atoms with Gasteiger partial charge in [0, 0.05) is 18.2 Å². The molecule has 21 heavy (non-hydrogen) atoms. The lowest BCUT2D eigenvalue weighted by Gasteiger charge is -2.23. The van der Waals surface area contributed by atoms with Crippen molar-refractivity contribution in [2.24, 2.45) is 0 Å². The Morgan fingerprint density at radius 3 is 2.19 bits per heavy atom. The van der Waals surface area contributed by atoms with Crippen LogP contribution in [0, 0.1) is 5.82 Å². The molecule has 6 heteroatoms. The fourth-order valence-electron chi connectivity index (χ4n) is 2.02. The predicted molar refractivity (Wildman–Crippen MR) is 68.9 cm³/mol. The highest BCUT2D eigenvalue weighted by Crippen LogP contribution is 2.30. The topological polar surface area (TPSA) is 33.1 Å². The van der Waals surface area contributed by atoms with E-state index in [0.717, 1.165) is 24.4 Å². The van der Waals surface area contributed by atoms with E-state index in [-0.39, 0.29) is 12.0 Å². The SMILES string of the molecule is CC(O)(Cc1ccc(C(F)(F)F)cc1)c1cncc(F)c1. The largest absolute Gasteiger partial charge is 0.416 e. The first-order valence-corrected chi connectivity index (χ1v) is 6.18. The fourth-order valence-corrected chi connectivity index (χ4v) is 2.02. The third-order valence-corrected chi connectivity index (χ3v) is 3.16. The van der Waals surface area contributed by atoms with Crippen LogP contribution >= 0.6 is 0 Å². The molecule has 1 atom stereocenters. The number of hydrogen-bond donors (Lipinski definition) is 1. The van der Waals surface area contributed by atoms with E-state index in [9.17, 15) is 22.7 Å². The number of alkyl halides is 3. The molecule has 0 radical (unpaired) electrons. The van der Waals surface area contributed by atoms with Crippen LogP contribution in [0.15, 0.2) is 42.7 Å². The monoisotopic (exact) mass is 299 g/mol. The molecule has 2 nitrogen and oxygen atoms in total. The Bertz CT molecular complexity index is 620. The molecule has 1 unspecified atom stereocenters. The maximum Gasteiger partial charge on any atom is 0.416 e. The summed E-state index contributed by atoms with van der Waals surface area (Å²) in [6, 6.07) is 5.65. The van der Waals surface area contributed by atoms with E-state index in [1.54, 1.807) is 0 Å². The van der Waals surface area contributed by atoms with Crippen molar-refractivity contribution in [1.82, 2.24) is 4.98 Å². The minimum Gasteiger partial charge on any atom is -0.385 e. The Morgan fingerprint density at radius 2 is 1.67 bits per heavy atom. The average Bonchev–Trinajstić information content (AvgIpc) is 2.38. The smallest absolute Gasteiger partial charge is 0.385 e. The van der Waals surface area contributed by atoms with Gasteiger partial charge in [-0.25, -0.2) is 4.39 Å². The maximum absolute atomic E-state index is 13.1. The van der Waals surface area contributed by atoms with Gasteiger partial charge in [-0.15, -0.1) is 0 Å². The Hall–Kier alpha value is -1.95. The van der Waals surface area contributed by atoms with E-state index in [0.29, 0.717) is 5.56 Å². The zero-order valence-corrected chi connectivity index (χ0v) is 11.2. The first kappa shape index (κ1) is 15.4. The van der Waals surface area contributed by atoms with Gasteiger partial charge in [0.15, 0.2) is 0 Å². The summed E-state index contributed by atoms with van der Waals surface area (Å²) in [5, 5.41) is 10.4. The number of nitrogens with zero attached hydrogens (tertiary/aromatic N) is 1. The summed E-state index contributed by atoms with van der Waals surface area (Å²) in [4.78, 5) is 3.65. The second-order valence-electron chi connectivity index (χ2n) is 5.04. The van der Waals surface area contributed by atoms with Crippen molar-refractivity contribution >= 4 is 0 Å². The zero-order valence-electron chi connectivity index (χ0n) is 11.2. The molecule has 1 aromatic carbocycles. The van der Waals surface area contributed by atoms with Crippen molar-refractivity contribution in [1.29, 1.82) is 0 Å². The van der Waals surface area contributed by atoms with Crippen LogP contribution < -0.4 is 0 Å². The predicted octanol–water partition coefficient (Wildman–Crippen LogP) is 3.69. The minimum atomic E-state index is -4.40. The lowest BCUT2D eigenvalue weighted by atomic mass is 9.90. The first-order valence-electron chi connectivity index (χ1n) is 6.18. The van der Waals surface area contributed by atoms with Gasteiger partial charge >= 0.3 is 6.18 Å². The van der Waals surface area contributed by atoms with Crippen LogP contribution in [0.25, 0.3) is 0 Å². The van der Waals surface area contributed by atoms with Crippen molar-refractivity contribution in [3.05, 3.63) is 65.2 Å². The second-order valence-corrected chi connectivity index (χ2v) is 5.04. The highest BCUT2D eigenvalue weighted by molar-refractivity contribution is 5.28. The molecule has 2 aromatic rings. The van der Waals surface area contributed by atoms with E-state index in [2.05, 4.69) is 4.98 Å². The highest BCUT2D eigenvalue weighted by atomic mass is 19.4. The number of aromatic nitrogens is 1. The van der Waals surface area contributed by atoms with E-state index in [1.165, 1.54) is 25.3 Å². The van der Waals surface area contributed by atoms with Gasteiger partial charge in [-0.3, -0.25) is 4.98 Å². The van der Waals surface area contributed by atoms with Gasteiger partial charge in [-0.05, 0) is 30.7 Å². The van der Waals surface area contributed by atoms with E-state index >= 15 is 0 Å². The first-order chi connectivity index (χ1) is 9.68. The van der Waals surface area contributed by atoms with Crippen LogP contribution in [0.2, 0.25) is 0 Å². The summed E-state index contributed by atoms with van der Waals surface area (Å²) in [5.41, 5.74) is -1.40. The number of pyridine rings is 1. The number of aliphatic hydroxyl groups is 1. The molecule has 0 saturated heterocycles. The van der Waals surface area contributed by atoms with Crippen LogP contribution in [0.5, 0.6) is 0 Å². The third-order valence-electron chi connectivity index (χ3n) is 3.16. The molecular weight excluding hydrogens is 286 g/mol. The molecule has 0 aliphatic heterocycles. The molecule has 0 saturated carbocycles. The Morgan fingerprint density at radius 1 is 1.05 bits per heavy atom. The molecule has 0 fully saturated rings. The van der Waals surface area contributed by atoms with E-state index in [1.807, 2.05) is 0 Å². The molecule has 1 heterocycles. The molecule has 0 bridgehead atoms. The average molecular weight is 299 g/mol. The van der Waals surface area contributed by atoms with E-state index in [4.69, 9.17) is 0 Å². The molecule has 2 rings (SSSR count). The van der Waals surface area contributed by atoms with Crippen molar-refractivity contribution in [2.75, 3.05) is 0 Å². The number of halogens is 4. The molecule has 0 aliphatic rings. The van der Waals surface area contributed by atoms with Crippen LogP contribution in [0.1, 0.15) is 23.6 Å². The van der Waals surface area contributed by atoms with Gasteiger partial charge in [0.05, 0.1) is 17.4 Å². The molecule has 0 amide bonds. The zero-order chi connectivity index (χ0) is 15.7. The molecule has 0 spiro atoms. The number of hydrogen-bond acceptors (Lipinski definition) is 2. The van der Waals surface area contributed by atoms with E-state index < -0.39 is 23.2 Å². The summed E-state index contributed by atoms with van der Waals surface area (Å²) >= 11 is 0. The van der Waals surface area contributed by atoms with Crippen molar-refractivity contribution in [3.63, 3.8) is 0 Å². The molecular formula is C15H13F4NO. The fraction of sp³-hybridized carbons (Fsp3) is 0.267. The standard InChI is InChI=1S/C15H13F4NO/c1-14(21,12-6-13(16)9-20-8-12)7-10-2-4-11(5-3-10)15(17,18)19/h2-6,8-9,21H,7H2,1H3. The lowest BCUT2D eigenvalue weighted by Crippen LogP contribution is -2.24. The Labute approximate surface area is 119 Å². The number of benzene rings is 1. The van der Waals surface area contributed by atoms with Crippen LogP contribution in [-0.2, 0) is 18.2 Å². The van der Waals surface area contributed by atoms with Gasteiger partial charge < -0.3 is 5.11 Å². The van der Waals surface area contributed by atoms with Gasteiger partial charge in [-0.1, -0.05) is 12.1 Å². The summed E-state index contributed by atoms with van der Waals surface area (Å²) in [6.07, 6.45) is -2.01. The summed E-state index contributed by atoms with van der Waals surface area (Å²) < 4.78 is 50.5. The molecule has 1 N–H and O–H groups in total. The van der Waals surface area contributed by atoms with Gasteiger partial charge in [0.25, 0.3) is 0 Å². The highest BCUT2D eigenvalue weighted by Gasteiger charge is 2.30. The summed E-state index contributed by atoms with van der Waals surface area (Å²) in [7, 11) is 0. The Kier molecular flexibility index (Phi) is 4.00. The van der Waals surface area contributed by atoms with Gasteiger partial charge in [0.2, 0.25) is 0 Å². The molecule has 1 aromatic heterocycles. The lowest BCUT2D eigenvalue weighted by molar-refractivity contribution is -0.137. The maximum atomic E-state index is 13.1. The van der Waals surface area contributed by atoms with Crippen LogP contribution in [0.3, 0.4) is 0 Å². The van der Waals surface area contributed by atoms with Crippen LogP contribution in [-0.4, -0.2) is 10.1 Å². The van der Waals surface area contributed by atoms with Crippen molar-refractivity contribution in [2.45, 2.75) is 25.1 Å². The Balaban J connectivity index is 2.20. The quantitative estimate of drug-likeness (QED) is 0.877. The van der Waals surface area contributed by atoms with Gasteiger partial charge in [0.1, 0.15) is 5.82 Å². The normalized spacial score (nSPS) is 14.8. The summed E-state index contributed by atoms with van der Waals surface area (Å²) in [5.74, 6) is -0.583. The van der Waals surface area contributed by atoms with Gasteiger partial charge in [-0.2, -0.15) is 13.2 Å². The molecule has 0 aliphatic carbocycles. The van der Waals surface area contributed by atoms with Crippen molar-refractivity contribution in [3.8, 4) is 0 Å². The minimum absolute atomic E-state index is 0.0519. The van der Waals surface area contributed by atoms with Crippen molar-refractivity contribution < 1.29 is 22.7 Å². The second kappa shape index (κ2) is 5.44. The molecule has 112 valence electrons. The van der Waals surface area contributed by atoms with Crippen LogP contribution in [0.4, 0.5) is 17.6 Å². The number of rotatable bonds is 3. The third kappa shape index (κ3) is 3.78. The summed E-state index contributed by atoms with van der Waals surface area (Å²) in [6.45, 7) is 1.46.